The molecular weight excluding hydrogens is 448 g/mol. The lowest BCUT2D eigenvalue weighted by Gasteiger charge is -2.62. The van der Waals surface area contributed by atoms with Gasteiger partial charge in [0.1, 0.15) is 18.0 Å². The topological polar surface area (TPSA) is 107 Å². The Labute approximate surface area is 208 Å². The number of carbonyl (C=O) groups is 4. The van der Waals surface area contributed by atoms with E-state index >= 15 is 0 Å². The van der Waals surface area contributed by atoms with Crippen molar-refractivity contribution in [1.29, 1.82) is 0 Å². The molecule has 4 saturated carbocycles. The van der Waals surface area contributed by atoms with E-state index in [1.165, 1.54) is 6.92 Å². The second-order valence-corrected chi connectivity index (χ2v) is 12.2. The normalized spacial score (nSPS) is 42.2. The molecule has 0 spiro atoms. The maximum atomic E-state index is 12.8. The van der Waals surface area contributed by atoms with Gasteiger partial charge in [-0.3, -0.25) is 19.2 Å². The van der Waals surface area contributed by atoms with Gasteiger partial charge < -0.3 is 14.6 Å². The molecular formula is C28H42O7. The summed E-state index contributed by atoms with van der Waals surface area (Å²) < 4.78 is 11.8. The number of carbonyl (C=O) groups excluding carboxylic acids is 3. The first-order chi connectivity index (χ1) is 16.5. The number of esters is 2. The largest absolute Gasteiger partial charge is 0.481 e. The number of fused-ring (bicyclic) bond motifs is 5. The second kappa shape index (κ2) is 9.85. The average molecular weight is 491 g/mol. The zero-order valence-electron chi connectivity index (χ0n) is 21.7. The van der Waals surface area contributed by atoms with Crippen molar-refractivity contribution in [2.75, 3.05) is 0 Å². The van der Waals surface area contributed by atoms with Gasteiger partial charge in [-0.15, -0.1) is 0 Å². The highest BCUT2D eigenvalue weighted by Gasteiger charge is 2.65. The third-order valence-corrected chi connectivity index (χ3v) is 10.6. The fourth-order valence-corrected chi connectivity index (χ4v) is 8.94. The van der Waals surface area contributed by atoms with Gasteiger partial charge in [0.25, 0.3) is 0 Å². The minimum absolute atomic E-state index is 0.00702. The summed E-state index contributed by atoms with van der Waals surface area (Å²) in [7, 11) is 0. The third-order valence-electron chi connectivity index (χ3n) is 10.6. The van der Waals surface area contributed by atoms with Gasteiger partial charge in [0.2, 0.25) is 0 Å². The number of carboxylic acid groups (broad SMARTS) is 1. The van der Waals surface area contributed by atoms with Gasteiger partial charge in [0, 0.05) is 31.1 Å². The molecule has 196 valence electrons. The predicted octanol–water partition coefficient (Wildman–Crippen LogP) is 4.94. The molecule has 0 radical (unpaired) electrons. The fourth-order valence-electron chi connectivity index (χ4n) is 8.94. The summed E-state index contributed by atoms with van der Waals surface area (Å²) in [6.45, 7) is 7.72. The Morgan fingerprint density at radius 2 is 1.63 bits per heavy atom. The van der Waals surface area contributed by atoms with Crippen LogP contribution < -0.4 is 0 Å². The molecule has 0 aromatic carbocycles. The Balaban J connectivity index is 1.58. The molecule has 3 unspecified atom stereocenters. The van der Waals surface area contributed by atoms with Gasteiger partial charge in [-0.1, -0.05) is 13.8 Å². The van der Waals surface area contributed by atoms with Crippen molar-refractivity contribution >= 4 is 23.7 Å². The Bertz CT molecular complexity index is 867. The smallest absolute Gasteiger partial charge is 0.306 e. The van der Waals surface area contributed by atoms with E-state index in [0.717, 1.165) is 51.4 Å². The summed E-state index contributed by atoms with van der Waals surface area (Å²) in [4.78, 5) is 48.0. The highest BCUT2D eigenvalue weighted by atomic mass is 16.5. The molecule has 0 heterocycles. The Morgan fingerprint density at radius 1 is 0.886 bits per heavy atom. The van der Waals surface area contributed by atoms with Crippen molar-refractivity contribution in [2.24, 2.45) is 40.4 Å². The molecule has 0 aromatic heterocycles. The molecule has 4 rings (SSSR count). The van der Waals surface area contributed by atoms with Crippen LogP contribution in [0.3, 0.4) is 0 Å². The Kier molecular flexibility index (Phi) is 7.36. The predicted molar refractivity (Wildman–Crippen MR) is 128 cm³/mol. The molecule has 0 aliphatic heterocycles. The highest BCUT2D eigenvalue weighted by molar-refractivity contribution is 5.80. The maximum Gasteiger partial charge on any atom is 0.306 e. The van der Waals surface area contributed by atoms with Crippen LogP contribution in [0.5, 0.6) is 0 Å². The van der Waals surface area contributed by atoms with Crippen LogP contribution in [-0.4, -0.2) is 41.0 Å². The number of hydrogen-bond acceptors (Lipinski definition) is 6. The van der Waals surface area contributed by atoms with Gasteiger partial charge in [-0.25, -0.2) is 0 Å². The van der Waals surface area contributed by atoms with Gasteiger partial charge >= 0.3 is 17.9 Å². The number of ketones is 1. The van der Waals surface area contributed by atoms with Crippen molar-refractivity contribution in [2.45, 2.75) is 111 Å². The number of ether oxygens (including phenoxy) is 2. The molecule has 4 aliphatic rings. The quantitative estimate of drug-likeness (QED) is 0.504. The van der Waals surface area contributed by atoms with E-state index in [0.29, 0.717) is 23.7 Å². The minimum atomic E-state index is -0.914. The van der Waals surface area contributed by atoms with Gasteiger partial charge in [0.05, 0.1) is 0 Å². The van der Waals surface area contributed by atoms with Crippen LogP contribution in [0.25, 0.3) is 0 Å². The molecule has 7 nitrogen and oxygen atoms in total. The van der Waals surface area contributed by atoms with Crippen molar-refractivity contribution < 1.29 is 33.8 Å². The van der Waals surface area contributed by atoms with E-state index in [1.54, 1.807) is 6.92 Å². The van der Waals surface area contributed by atoms with Crippen molar-refractivity contribution in [3.05, 3.63) is 0 Å². The summed E-state index contributed by atoms with van der Waals surface area (Å²) >= 11 is 0. The molecule has 35 heavy (non-hydrogen) atoms. The van der Waals surface area contributed by atoms with E-state index < -0.39 is 5.97 Å². The van der Waals surface area contributed by atoms with Gasteiger partial charge in [-0.05, 0) is 93.8 Å². The number of carboxylic acids is 1. The molecule has 9 atom stereocenters. The summed E-state index contributed by atoms with van der Waals surface area (Å²) in [5.74, 6) is 0.342. The Hall–Kier alpha value is -1.92. The first-order valence-corrected chi connectivity index (χ1v) is 13.6. The number of rotatable bonds is 7. The molecule has 7 heteroatoms. The van der Waals surface area contributed by atoms with E-state index in [9.17, 15) is 19.2 Å². The fraction of sp³-hybridized carbons (Fsp3) is 0.857. The second-order valence-electron chi connectivity index (χ2n) is 12.2. The monoisotopic (exact) mass is 490 g/mol. The van der Waals surface area contributed by atoms with E-state index in [2.05, 4.69) is 13.8 Å². The number of Topliss-reactive ketones (excluding diaryl/α,β-unsaturated/α-hetero) is 1. The molecule has 0 aromatic rings. The number of aliphatic carboxylic acids is 1. The summed E-state index contributed by atoms with van der Waals surface area (Å²) in [6, 6.07) is 0. The van der Waals surface area contributed by atoms with Crippen molar-refractivity contribution in [1.82, 2.24) is 0 Å². The molecule has 0 saturated heterocycles. The average Bonchev–Trinajstić information content (AvgIpc) is 3.12. The zero-order valence-corrected chi connectivity index (χ0v) is 21.7. The van der Waals surface area contributed by atoms with Crippen LogP contribution in [0.2, 0.25) is 0 Å². The van der Waals surface area contributed by atoms with Crippen LogP contribution >= 0.6 is 0 Å². The maximum absolute atomic E-state index is 12.8. The highest BCUT2D eigenvalue weighted by Crippen LogP contribution is 2.68. The van der Waals surface area contributed by atoms with Gasteiger partial charge in [0.15, 0.2) is 0 Å². The summed E-state index contributed by atoms with van der Waals surface area (Å²) in [5.41, 5.74) is -0.267. The SMILES string of the molecule is CC(=O)O[C@H]1CC[C@]2(C)C3C[C@@H](OC(=O)CCCC(=O)O)[C@@]4(C)C(CC[C@@H]4C(C)=O)C3CC[C@H]2C1. The van der Waals surface area contributed by atoms with Crippen molar-refractivity contribution in [3.63, 3.8) is 0 Å². The molecule has 4 aliphatic carbocycles. The van der Waals surface area contributed by atoms with E-state index in [4.69, 9.17) is 14.6 Å². The van der Waals surface area contributed by atoms with Crippen LogP contribution in [0.4, 0.5) is 0 Å². The zero-order chi connectivity index (χ0) is 25.5. The lowest BCUT2D eigenvalue weighted by atomic mass is 9.44. The summed E-state index contributed by atoms with van der Waals surface area (Å²) in [5, 5.41) is 8.93. The molecule has 1 N–H and O–H groups in total. The van der Waals surface area contributed by atoms with Crippen molar-refractivity contribution in [3.8, 4) is 0 Å². The van der Waals surface area contributed by atoms with E-state index in [-0.39, 0.29) is 65.9 Å². The molecule has 0 bridgehead atoms. The number of hydrogen-bond donors (Lipinski definition) is 1. The standard InChI is InChI=1S/C28H42O7/c1-16(29)21-10-11-22-20-9-8-18-14-19(34-17(2)30)12-13-27(18,3)23(20)15-24(28(21,22)4)35-26(33)7-5-6-25(31)32/h18-24H,5-15H2,1-4H3,(H,31,32)/t18-,19-,20?,21+,22?,23?,24+,27-,28+/m0/s1. The van der Waals surface area contributed by atoms with Crippen LogP contribution in [0.15, 0.2) is 0 Å². The Morgan fingerprint density at radius 3 is 2.29 bits per heavy atom. The summed E-state index contributed by atoms with van der Waals surface area (Å²) in [6.07, 6.45) is 7.56. The third kappa shape index (κ3) is 4.76. The minimum Gasteiger partial charge on any atom is -0.481 e. The molecule has 4 fully saturated rings. The van der Waals surface area contributed by atoms with Gasteiger partial charge in [-0.2, -0.15) is 0 Å². The molecule has 0 amide bonds. The van der Waals surface area contributed by atoms with Crippen LogP contribution in [-0.2, 0) is 28.7 Å². The lowest BCUT2D eigenvalue weighted by Crippen LogP contribution is -2.59. The van der Waals surface area contributed by atoms with Crippen LogP contribution in [0.1, 0.15) is 98.3 Å². The lowest BCUT2D eigenvalue weighted by molar-refractivity contribution is -0.197. The van der Waals surface area contributed by atoms with Crippen LogP contribution in [0, 0.1) is 40.4 Å². The first-order valence-electron chi connectivity index (χ1n) is 13.6. The van der Waals surface area contributed by atoms with E-state index in [1.807, 2.05) is 0 Å². The first kappa shape index (κ1) is 26.2.